The molecule has 1 unspecified atom stereocenters. The van der Waals surface area contributed by atoms with Crippen LogP contribution in [-0.4, -0.2) is 37.2 Å². The average Bonchev–Trinajstić information content (AvgIpc) is 2.75. The van der Waals surface area contributed by atoms with Gasteiger partial charge in [0.1, 0.15) is 0 Å². The first kappa shape index (κ1) is 21.7. The topological polar surface area (TPSA) is 79.4 Å². The first-order chi connectivity index (χ1) is 14.3. The molecule has 1 heterocycles. The van der Waals surface area contributed by atoms with Crippen LogP contribution in [0.5, 0.6) is 0 Å². The SMILES string of the molecule is Cc1ccc(S(=O)(=O)N(C)CC(=O)NC(c2ccccc2)c2ccncc2)cc1C. The number of nitrogens with one attached hydrogen (secondary N) is 1. The number of likely N-dealkylation sites (N-methyl/N-ethyl adjacent to an activating group) is 1. The van der Waals surface area contributed by atoms with Gasteiger partial charge < -0.3 is 5.32 Å². The van der Waals surface area contributed by atoms with Crippen LogP contribution in [0.2, 0.25) is 0 Å². The third-order valence-corrected chi connectivity index (χ3v) is 6.83. The summed E-state index contributed by atoms with van der Waals surface area (Å²) in [4.78, 5) is 17.0. The standard InChI is InChI=1S/C23H25N3O3S/c1-17-9-10-21(15-18(17)2)30(28,29)26(3)16-22(27)25-23(19-7-5-4-6-8-19)20-11-13-24-14-12-20/h4-15,23H,16H2,1-3H3,(H,25,27). The number of sulfonamides is 1. The maximum Gasteiger partial charge on any atom is 0.243 e. The summed E-state index contributed by atoms with van der Waals surface area (Å²) < 4.78 is 26.9. The predicted molar refractivity (Wildman–Crippen MR) is 116 cm³/mol. The minimum absolute atomic E-state index is 0.176. The van der Waals surface area contributed by atoms with Crippen molar-refractivity contribution in [3.8, 4) is 0 Å². The Hall–Kier alpha value is -3.03. The molecule has 2 aromatic carbocycles. The molecule has 0 aliphatic carbocycles. The van der Waals surface area contributed by atoms with E-state index < -0.39 is 22.0 Å². The van der Waals surface area contributed by atoms with Crippen LogP contribution in [0.4, 0.5) is 0 Å². The number of hydrogen-bond acceptors (Lipinski definition) is 4. The number of amides is 1. The highest BCUT2D eigenvalue weighted by atomic mass is 32.2. The molecule has 3 aromatic rings. The number of nitrogens with zero attached hydrogens (tertiary/aromatic N) is 2. The Labute approximate surface area is 177 Å². The molecule has 0 fully saturated rings. The lowest BCUT2D eigenvalue weighted by Crippen LogP contribution is -2.40. The van der Waals surface area contributed by atoms with Crippen LogP contribution >= 0.6 is 0 Å². The molecule has 30 heavy (non-hydrogen) atoms. The van der Waals surface area contributed by atoms with Crippen molar-refractivity contribution in [3.63, 3.8) is 0 Å². The maximum absolute atomic E-state index is 12.9. The van der Waals surface area contributed by atoms with Gasteiger partial charge in [0.05, 0.1) is 17.5 Å². The summed E-state index contributed by atoms with van der Waals surface area (Å²) in [6.45, 7) is 3.50. The van der Waals surface area contributed by atoms with Crippen LogP contribution in [0.25, 0.3) is 0 Å². The van der Waals surface area contributed by atoms with Gasteiger partial charge in [-0.05, 0) is 60.4 Å². The van der Waals surface area contributed by atoms with Gasteiger partial charge >= 0.3 is 0 Å². The quantitative estimate of drug-likeness (QED) is 0.633. The molecule has 0 bridgehead atoms. The van der Waals surface area contributed by atoms with Gasteiger partial charge in [-0.2, -0.15) is 4.31 Å². The fourth-order valence-corrected chi connectivity index (χ4v) is 4.32. The fourth-order valence-electron chi connectivity index (χ4n) is 3.11. The maximum atomic E-state index is 12.9. The van der Waals surface area contributed by atoms with Crippen LogP contribution in [0.15, 0.2) is 78.0 Å². The van der Waals surface area contributed by atoms with Crippen LogP contribution in [0, 0.1) is 13.8 Å². The summed E-state index contributed by atoms with van der Waals surface area (Å²) >= 11 is 0. The Kier molecular flexibility index (Phi) is 6.64. The second-order valence-corrected chi connectivity index (χ2v) is 9.24. The molecule has 1 N–H and O–H groups in total. The van der Waals surface area contributed by atoms with Crippen molar-refractivity contribution >= 4 is 15.9 Å². The van der Waals surface area contributed by atoms with Gasteiger partial charge in [-0.15, -0.1) is 0 Å². The monoisotopic (exact) mass is 423 g/mol. The number of hydrogen-bond donors (Lipinski definition) is 1. The molecule has 6 nitrogen and oxygen atoms in total. The molecule has 156 valence electrons. The summed E-state index contributed by atoms with van der Waals surface area (Å²) in [5, 5.41) is 2.95. The lowest BCUT2D eigenvalue weighted by Gasteiger charge is -2.22. The van der Waals surface area contributed by atoms with Crippen molar-refractivity contribution in [1.82, 2.24) is 14.6 Å². The number of benzene rings is 2. The minimum Gasteiger partial charge on any atom is -0.344 e. The van der Waals surface area contributed by atoms with Gasteiger partial charge in [-0.3, -0.25) is 9.78 Å². The Morgan fingerprint density at radius 1 is 0.967 bits per heavy atom. The van der Waals surface area contributed by atoms with Gasteiger partial charge in [0.15, 0.2) is 0 Å². The second kappa shape index (κ2) is 9.19. The minimum atomic E-state index is -3.78. The van der Waals surface area contributed by atoms with E-state index in [1.807, 2.05) is 56.3 Å². The highest BCUT2D eigenvalue weighted by Gasteiger charge is 2.25. The molecular formula is C23H25N3O3S. The molecular weight excluding hydrogens is 398 g/mol. The molecule has 0 spiro atoms. The fraction of sp³-hybridized carbons (Fsp3) is 0.217. The number of rotatable bonds is 7. The highest BCUT2D eigenvalue weighted by molar-refractivity contribution is 7.89. The molecule has 0 radical (unpaired) electrons. The zero-order valence-corrected chi connectivity index (χ0v) is 18.1. The number of aromatic nitrogens is 1. The van der Waals surface area contributed by atoms with E-state index in [-0.39, 0.29) is 11.4 Å². The molecule has 0 aliphatic heterocycles. The van der Waals surface area contributed by atoms with Gasteiger partial charge in [0, 0.05) is 19.4 Å². The van der Waals surface area contributed by atoms with Crippen molar-refractivity contribution < 1.29 is 13.2 Å². The Morgan fingerprint density at radius 3 is 2.23 bits per heavy atom. The van der Waals surface area contributed by atoms with Gasteiger partial charge in [-0.1, -0.05) is 36.4 Å². The van der Waals surface area contributed by atoms with Gasteiger partial charge in [0.2, 0.25) is 15.9 Å². The number of carbonyl (C=O) groups excluding carboxylic acids is 1. The number of aryl methyl sites for hydroxylation is 2. The van der Waals surface area contributed by atoms with E-state index in [9.17, 15) is 13.2 Å². The van der Waals surface area contributed by atoms with Crippen molar-refractivity contribution in [2.75, 3.05) is 13.6 Å². The summed E-state index contributed by atoms with van der Waals surface area (Å²) in [5.41, 5.74) is 3.66. The largest absolute Gasteiger partial charge is 0.344 e. The molecule has 0 saturated carbocycles. The van der Waals surface area contributed by atoms with Gasteiger partial charge in [-0.25, -0.2) is 8.42 Å². The van der Waals surface area contributed by atoms with Crippen LogP contribution in [-0.2, 0) is 14.8 Å². The highest BCUT2D eigenvalue weighted by Crippen LogP contribution is 2.22. The summed E-state index contributed by atoms with van der Waals surface area (Å²) in [6, 6.07) is 17.7. The lowest BCUT2D eigenvalue weighted by atomic mass is 10.00. The van der Waals surface area contributed by atoms with E-state index in [1.165, 1.54) is 7.05 Å². The first-order valence-corrected chi connectivity index (χ1v) is 11.0. The summed E-state index contributed by atoms with van der Waals surface area (Å²) in [6.07, 6.45) is 3.32. The lowest BCUT2D eigenvalue weighted by molar-refractivity contribution is -0.121. The number of carbonyl (C=O) groups is 1. The van der Waals surface area contributed by atoms with Crippen LogP contribution < -0.4 is 5.32 Å². The van der Waals surface area contributed by atoms with E-state index in [2.05, 4.69) is 10.3 Å². The zero-order valence-electron chi connectivity index (χ0n) is 17.2. The molecule has 7 heteroatoms. The van der Waals surface area contributed by atoms with Crippen LogP contribution in [0.1, 0.15) is 28.3 Å². The molecule has 0 saturated heterocycles. The smallest absolute Gasteiger partial charge is 0.243 e. The second-order valence-electron chi connectivity index (χ2n) is 7.20. The van der Waals surface area contributed by atoms with Crippen molar-refractivity contribution in [2.24, 2.45) is 0 Å². The third kappa shape index (κ3) is 4.93. The Morgan fingerprint density at radius 2 is 1.60 bits per heavy atom. The molecule has 3 rings (SSSR count). The normalized spacial score (nSPS) is 12.5. The summed E-state index contributed by atoms with van der Waals surface area (Å²) in [5.74, 6) is -0.393. The van der Waals surface area contributed by atoms with Gasteiger partial charge in [0.25, 0.3) is 0 Å². The summed E-state index contributed by atoms with van der Waals surface area (Å²) in [7, 11) is -2.37. The first-order valence-electron chi connectivity index (χ1n) is 9.57. The van der Waals surface area contributed by atoms with E-state index >= 15 is 0 Å². The Balaban J connectivity index is 1.79. The van der Waals surface area contributed by atoms with Crippen molar-refractivity contribution in [1.29, 1.82) is 0 Å². The van der Waals surface area contributed by atoms with E-state index in [1.54, 1.807) is 30.6 Å². The van der Waals surface area contributed by atoms with Crippen molar-refractivity contribution in [2.45, 2.75) is 24.8 Å². The van der Waals surface area contributed by atoms with Crippen LogP contribution in [0.3, 0.4) is 0 Å². The Bertz CT molecular complexity index is 1080. The molecule has 1 amide bonds. The molecule has 0 aliphatic rings. The van der Waals surface area contributed by atoms with E-state index in [4.69, 9.17) is 0 Å². The predicted octanol–water partition coefficient (Wildman–Crippen LogP) is 3.22. The van der Waals surface area contributed by atoms with E-state index in [0.29, 0.717) is 0 Å². The van der Waals surface area contributed by atoms with E-state index in [0.717, 1.165) is 26.6 Å². The molecule has 1 atom stereocenters. The number of pyridine rings is 1. The average molecular weight is 424 g/mol. The third-order valence-electron chi connectivity index (χ3n) is 5.03. The zero-order chi connectivity index (χ0) is 21.7. The van der Waals surface area contributed by atoms with Crippen molar-refractivity contribution in [3.05, 3.63) is 95.3 Å². The molecule has 1 aromatic heterocycles.